The lowest BCUT2D eigenvalue weighted by Gasteiger charge is -2.12. The van der Waals surface area contributed by atoms with E-state index in [1.165, 1.54) is 24.3 Å². The van der Waals surface area contributed by atoms with Gasteiger partial charge in [-0.05, 0) is 37.6 Å². The van der Waals surface area contributed by atoms with Gasteiger partial charge < -0.3 is 10.6 Å². The second-order valence-corrected chi connectivity index (χ2v) is 8.02. The van der Waals surface area contributed by atoms with Crippen LogP contribution in [0, 0.1) is 24.0 Å². The largest absolute Gasteiger partial charge is 0.343 e. The normalized spacial score (nSPS) is 10.6. The van der Waals surface area contributed by atoms with Gasteiger partial charge in [0, 0.05) is 29.3 Å². The van der Waals surface area contributed by atoms with Crippen molar-refractivity contribution in [1.29, 1.82) is 0 Å². The van der Waals surface area contributed by atoms with Crippen LogP contribution >= 0.6 is 0 Å². The van der Waals surface area contributed by atoms with Gasteiger partial charge >= 0.3 is 0 Å². The van der Waals surface area contributed by atoms with Crippen LogP contribution in [0.2, 0.25) is 0 Å². The predicted molar refractivity (Wildman–Crippen MR) is 133 cm³/mol. The summed E-state index contributed by atoms with van der Waals surface area (Å²) in [4.78, 5) is 35.3. The fraction of sp³-hybridized carbons (Fsp3) is 0.115. The summed E-state index contributed by atoms with van der Waals surface area (Å²) in [5.74, 6) is -0.487. The van der Waals surface area contributed by atoms with Crippen LogP contribution in [-0.2, 0) is 4.79 Å². The molecule has 0 bridgehead atoms. The molecule has 1 aromatic heterocycles. The number of nitrogens with one attached hydrogen (secondary N) is 2. The first-order valence-corrected chi connectivity index (χ1v) is 10.9. The number of benzene rings is 3. The minimum Gasteiger partial charge on any atom is -0.343 e. The number of anilines is 1. The highest BCUT2D eigenvalue weighted by Gasteiger charge is 2.16. The van der Waals surface area contributed by atoms with E-state index in [2.05, 4.69) is 10.6 Å². The Balaban J connectivity index is 1.53. The average molecular weight is 470 g/mol. The number of rotatable bonds is 7. The summed E-state index contributed by atoms with van der Waals surface area (Å²) in [6, 6.07) is 22.5. The third kappa shape index (κ3) is 5.41. The highest BCUT2D eigenvalue weighted by atomic mass is 16.6. The Morgan fingerprint density at radius 3 is 2.34 bits per heavy atom. The second kappa shape index (κ2) is 10.0. The SMILES string of the molecule is Cc1ccc(-n2nc(-c3ccccc3)cc2NC(=O)CNC(=O)c2ccc([N+](=O)[O-])cc2)c(C)c1. The summed E-state index contributed by atoms with van der Waals surface area (Å²) in [6.07, 6.45) is 0. The van der Waals surface area contributed by atoms with Gasteiger partial charge in [0.1, 0.15) is 5.82 Å². The number of aryl methyl sites for hydroxylation is 2. The van der Waals surface area contributed by atoms with Crippen LogP contribution in [0.25, 0.3) is 16.9 Å². The maximum Gasteiger partial charge on any atom is 0.269 e. The molecule has 0 radical (unpaired) electrons. The molecular weight excluding hydrogens is 446 g/mol. The molecule has 35 heavy (non-hydrogen) atoms. The summed E-state index contributed by atoms with van der Waals surface area (Å²) in [5, 5.41) is 20.9. The monoisotopic (exact) mass is 469 g/mol. The van der Waals surface area contributed by atoms with Crippen molar-refractivity contribution in [2.45, 2.75) is 13.8 Å². The average Bonchev–Trinajstić information content (AvgIpc) is 3.26. The molecule has 0 aliphatic carbocycles. The van der Waals surface area contributed by atoms with Crippen LogP contribution in [0.15, 0.2) is 78.9 Å². The van der Waals surface area contributed by atoms with Gasteiger partial charge in [0.2, 0.25) is 5.91 Å². The van der Waals surface area contributed by atoms with Crippen molar-refractivity contribution in [3.05, 3.63) is 106 Å². The van der Waals surface area contributed by atoms with Crippen molar-refractivity contribution in [1.82, 2.24) is 15.1 Å². The first-order valence-electron chi connectivity index (χ1n) is 10.9. The summed E-state index contributed by atoms with van der Waals surface area (Å²) >= 11 is 0. The third-order valence-corrected chi connectivity index (χ3v) is 5.38. The first kappa shape index (κ1) is 23.4. The standard InChI is InChI=1S/C26H23N5O4/c1-17-8-13-23(18(2)14-17)30-24(15-22(29-30)19-6-4-3-5-7-19)28-25(32)16-27-26(33)20-9-11-21(12-10-20)31(34)35/h3-15H,16H2,1-2H3,(H,27,33)(H,28,32). The van der Waals surface area contributed by atoms with Crippen LogP contribution in [0.4, 0.5) is 11.5 Å². The van der Waals surface area contributed by atoms with Crippen molar-refractivity contribution in [3.8, 4) is 16.9 Å². The van der Waals surface area contributed by atoms with Crippen LogP contribution in [0.1, 0.15) is 21.5 Å². The summed E-state index contributed by atoms with van der Waals surface area (Å²) < 4.78 is 1.67. The first-order chi connectivity index (χ1) is 16.8. The number of nitro benzene ring substituents is 1. The topological polar surface area (TPSA) is 119 Å². The Labute approximate surface area is 201 Å². The van der Waals surface area contributed by atoms with E-state index < -0.39 is 16.7 Å². The quantitative estimate of drug-likeness (QED) is 0.306. The fourth-order valence-corrected chi connectivity index (χ4v) is 3.63. The molecule has 0 spiro atoms. The molecule has 0 atom stereocenters. The zero-order valence-corrected chi connectivity index (χ0v) is 19.2. The Morgan fingerprint density at radius 1 is 0.971 bits per heavy atom. The van der Waals surface area contributed by atoms with Gasteiger partial charge in [0.15, 0.2) is 0 Å². The molecule has 2 N–H and O–H groups in total. The summed E-state index contributed by atoms with van der Waals surface area (Å²) in [6.45, 7) is 3.70. The van der Waals surface area contributed by atoms with E-state index in [1.54, 1.807) is 10.7 Å². The molecule has 0 aliphatic rings. The molecule has 4 aromatic rings. The second-order valence-electron chi connectivity index (χ2n) is 8.02. The lowest BCUT2D eigenvalue weighted by atomic mass is 10.1. The van der Waals surface area contributed by atoms with E-state index in [-0.39, 0.29) is 17.8 Å². The molecule has 9 nitrogen and oxygen atoms in total. The van der Waals surface area contributed by atoms with Crippen molar-refractivity contribution >= 4 is 23.3 Å². The maximum atomic E-state index is 12.7. The molecule has 3 aromatic carbocycles. The van der Waals surface area contributed by atoms with Gasteiger partial charge in [-0.3, -0.25) is 19.7 Å². The van der Waals surface area contributed by atoms with E-state index in [0.717, 1.165) is 22.4 Å². The highest BCUT2D eigenvalue weighted by Crippen LogP contribution is 2.26. The predicted octanol–water partition coefficient (Wildman–Crippen LogP) is 4.43. The zero-order chi connectivity index (χ0) is 24.9. The number of amides is 2. The van der Waals surface area contributed by atoms with E-state index >= 15 is 0 Å². The zero-order valence-electron chi connectivity index (χ0n) is 19.2. The number of hydrogen-bond donors (Lipinski definition) is 2. The Bertz CT molecular complexity index is 1400. The van der Waals surface area contributed by atoms with Crippen molar-refractivity contribution < 1.29 is 14.5 Å². The molecule has 0 fully saturated rings. The van der Waals surface area contributed by atoms with Crippen molar-refractivity contribution in [2.24, 2.45) is 0 Å². The fourth-order valence-electron chi connectivity index (χ4n) is 3.63. The van der Waals surface area contributed by atoms with Crippen LogP contribution < -0.4 is 10.6 Å². The lowest BCUT2D eigenvalue weighted by Crippen LogP contribution is -2.33. The minimum atomic E-state index is -0.544. The summed E-state index contributed by atoms with van der Waals surface area (Å²) in [5.41, 5.74) is 4.62. The number of non-ortho nitro benzene ring substituents is 1. The molecule has 176 valence electrons. The molecule has 9 heteroatoms. The van der Waals surface area contributed by atoms with E-state index in [4.69, 9.17) is 5.10 Å². The van der Waals surface area contributed by atoms with Gasteiger partial charge in [0.25, 0.3) is 11.6 Å². The Morgan fingerprint density at radius 2 is 1.69 bits per heavy atom. The van der Waals surface area contributed by atoms with Gasteiger partial charge in [0.05, 0.1) is 22.8 Å². The molecule has 0 saturated carbocycles. The van der Waals surface area contributed by atoms with Crippen LogP contribution in [0.3, 0.4) is 0 Å². The molecule has 0 unspecified atom stereocenters. The third-order valence-electron chi connectivity index (χ3n) is 5.38. The molecular formula is C26H23N5O4. The van der Waals surface area contributed by atoms with E-state index in [1.807, 2.05) is 62.4 Å². The maximum absolute atomic E-state index is 12.7. The molecule has 1 heterocycles. The van der Waals surface area contributed by atoms with E-state index in [0.29, 0.717) is 11.5 Å². The molecule has 0 aliphatic heterocycles. The number of nitrogens with zero attached hydrogens (tertiary/aromatic N) is 3. The summed E-state index contributed by atoms with van der Waals surface area (Å²) in [7, 11) is 0. The number of hydrogen-bond acceptors (Lipinski definition) is 5. The molecule has 0 saturated heterocycles. The molecule has 4 rings (SSSR count). The number of carbonyl (C=O) groups excluding carboxylic acids is 2. The molecule has 2 amide bonds. The van der Waals surface area contributed by atoms with Crippen molar-refractivity contribution in [2.75, 3.05) is 11.9 Å². The van der Waals surface area contributed by atoms with Gasteiger partial charge in [-0.1, -0.05) is 48.0 Å². The minimum absolute atomic E-state index is 0.117. The number of nitro groups is 1. The number of carbonyl (C=O) groups is 2. The number of aromatic nitrogens is 2. The van der Waals surface area contributed by atoms with Gasteiger partial charge in [-0.25, -0.2) is 4.68 Å². The Kier molecular flexibility index (Phi) is 6.68. The highest BCUT2D eigenvalue weighted by molar-refractivity contribution is 5.99. The van der Waals surface area contributed by atoms with E-state index in [9.17, 15) is 19.7 Å². The Hall–Kier alpha value is -4.79. The van der Waals surface area contributed by atoms with Gasteiger partial charge in [-0.2, -0.15) is 5.10 Å². The van der Waals surface area contributed by atoms with Gasteiger partial charge in [-0.15, -0.1) is 0 Å². The van der Waals surface area contributed by atoms with Crippen LogP contribution in [0.5, 0.6) is 0 Å². The lowest BCUT2D eigenvalue weighted by molar-refractivity contribution is -0.384. The van der Waals surface area contributed by atoms with Crippen molar-refractivity contribution in [3.63, 3.8) is 0 Å². The van der Waals surface area contributed by atoms with Crippen LogP contribution in [-0.4, -0.2) is 33.1 Å². The smallest absolute Gasteiger partial charge is 0.269 e.